The highest BCUT2D eigenvalue weighted by Crippen LogP contribution is 2.35. The normalized spacial score (nSPS) is 23.5. The Kier molecular flexibility index (Phi) is 8.38. The van der Waals surface area contributed by atoms with Crippen LogP contribution in [0.25, 0.3) is 0 Å². The minimum atomic E-state index is -3.73. The standard InChI is InChI=1S/C28H38FN3O4S/c1-20(2)14-23-17-36-28(19-32(23)37(34,35)24-9-6-21(3)7-10-24)12-5-13-31(18-28)16-27(33)30-26-15-22(4)8-11-25(26)29/h6-11,15,20,23H,5,12-14,16-19H2,1-4H3,(H,30,33)/t23-,28?/m0/s1. The van der Waals surface area contributed by atoms with Crippen LogP contribution in [-0.4, -0.2) is 68.0 Å². The second-order valence-electron chi connectivity index (χ2n) is 11.0. The molecule has 2 atom stereocenters. The van der Waals surface area contributed by atoms with E-state index in [0.717, 1.165) is 17.5 Å². The van der Waals surface area contributed by atoms with Gasteiger partial charge in [-0.1, -0.05) is 37.6 Å². The maximum atomic E-state index is 14.1. The van der Waals surface area contributed by atoms with Crippen LogP contribution < -0.4 is 5.32 Å². The van der Waals surface area contributed by atoms with Crippen molar-refractivity contribution in [3.63, 3.8) is 0 Å². The lowest BCUT2D eigenvalue weighted by atomic mass is 9.89. The molecule has 0 bridgehead atoms. The molecule has 1 amide bonds. The van der Waals surface area contributed by atoms with E-state index in [2.05, 4.69) is 19.2 Å². The van der Waals surface area contributed by atoms with Gasteiger partial charge < -0.3 is 10.1 Å². The SMILES string of the molecule is Cc1ccc(S(=O)(=O)N2CC3(CCCN(CC(=O)Nc4cc(C)ccc4F)C3)OC[C@@H]2CC(C)C)cc1. The number of morpholine rings is 1. The number of carbonyl (C=O) groups excluding carboxylic acids is 1. The first-order valence-corrected chi connectivity index (χ1v) is 14.4. The number of nitrogens with one attached hydrogen (secondary N) is 1. The molecule has 2 heterocycles. The Morgan fingerprint density at radius 2 is 1.84 bits per heavy atom. The highest BCUT2D eigenvalue weighted by Gasteiger charge is 2.47. The summed E-state index contributed by atoms with van der Waals surface area (Å²) in [6.45, 7) is 9.70. The summed E-state index contributed by atoms with van der Waals surface area (Å²) in [5.41, 5.74) is 1.33. The zero-order valence-electron chi connectivity index (χ0n) is 22.2. The van der Waals surface area contributed by atoms with E-state index in [1.165, 1.54) is 6.07 Å². The first-order valence-electron chi connectivity index (χ1n) is 13.0. The molecule has 0 saturated carbocycles. The molecule has 2 aromatic carbocycles. The van der Waals surface area contributed by atoms with Gasteiger partial charge in [0.25, 0.3) is 0 Å². The van der Waals surface area contributed by atoms with Gasteiger partial charge in [0.05, 0.1) is 29.3 Å². The maximum Gasteiger partial charge on any atom is 0.243 e. The van der Waals surface area contributed by atoms with E-state index >= 15 is 0 Å². The monoisotopic (exact) mass is 531 g/mol. The van der Waals surface area contributed by atoms with E-state index in [0.29, 0.717) is 38.5 Å². The molecule has 0 aromatic heterocycles. The summed E-state index contributed by atoms with van der Waals surface area (Å²) < 4.78 is 49.8. The fraction of sp³-hybridized carbons (Fsp3) is 0.536. The molecule has 2 aliphatic rings. The molecule has 2 saturated heterocycles. The van der Waals surface area contributed by atoms with Gasteiger partial charge in [-0.2, -0.15) is 4.31 Å². The topological polar surface area (TPSA) is 79.0 Å². The number of rotatable bonds is 7. The predicted molar refractivity (Wildman–Crippen MR) is 142 cm³/mol. The van der Waals surface area contributed by atoms with E-state index in [1.807, 2.05) is 30.9 Å². The second-order valence-corrected chi connectivity index (χ2v) is 12.9. The van der Waals surface area contributed by atoms with E-state index in [9.17, 15) is 17.6 Å². The maximum absolute atomic E-state index is 14.1. The number of sulfonamides is 1. The van der Waals surface area contributed by atoms with Crippen LogP contribution in [0.4, 0.5) is 10.1 Å². The summed E-state index contributed by atoms with van der Waals surface area (Å²) in [7, 11) is -3.73. The van der Waals surface area contributed by atoms with Crippen molar-refractivity contribution in [1.82, 2.24) is 9.21 Å². The number of carbonyl (C=O) groups is 1. The summed E-state index contributed by atoms with van der Waals surface area (Å²) in [5, 5.41) is 2.67. The average molecular weight is 532 g/mol. The number of anilines is 1. The Bertz CT molecular complexity index is 1220. The molecule has 1 spiro atoms. The molecule has 9 heteroatoms. The summed E-state index contributed by atoms with van der Waals surface area (Å²) in [6.07, 6.45) is 2.20. The molecule has 2 fully saturated rings. The number of hydrogen-bond donors (Lipinski definition) is 1. The van der Waals surface area contributed by atoms with E-state index in [-0.39, 0.29) is 35.6 Å². The lowest BCUT2D eigenvalue weighted by Gasteiger charge is -2.50. The average Bonchev–Trinajstić information content (AvgIpc) is 2.83. The lowest BCUT2D eigenvalue weighted by Crippen LogP contribution is -2.64. The number of aryl methyl sites for hydroxylation is 2. The van der Waals surface area contributed by atoms with Crippen LogP contribution in [0.2, 0.25) is 0 Å². The third kappa shape index (κ3) is 6.57. The van der Waals surface area contributed by atoms with Gasteiger partial charge in [0, 0.05) is 19.1 Å². The third-order valence-electron chi connectivity index (χ3n) is 7.19. The Balaban J connectivity index is 1.51. The number of piperidine rings is 1. The number of hydrogen-bond acceptors (Lipinski definition) is 5. The first-order chi connectivity index (χ1) is 17.5. The summed E-state index contributed by atoms with van der Waals surface area (Å²) in [5.74, 6) is -0.469. The molecule has 202 valence electrons. The summed E-state index contributed by atoms with van der Waals surface area (Å²) in [4.78, 5) is 15.0. The molecule has 2 aromatic rings. The summed E-state index contributed by atoms with van der Waals surface area (Å²) in [6, 6.07) is 11.3. The molecular weight excluding hydrogens is 493 g/mol. The Hall–Kier alpha value is -2.33. The van der Waals surface area contributed by atoms with E-state index < -0.39 is 21.4 Å². The van der Waals surface area contributed by atoms with Gasteiger partial charge in [0.15, 0.2) is 0 Å². The van der Waals surface area contributed by atoms with E-state index in [1.54, 1.807) is 28.6 Å². The third-order valence-corrected chi connectivity index (χ3v) is 9.10. The minimum Gasteiger partial charge on any atom is -0.371 e. The van der Waals surface area contributed by atoms with Gasteiger partial charge in [0.1, 0.15) is 5.82 Å². The molecule has 4 rings (SSSR count). The predicted octanol–water partition coefficient (Wildman–Crippen LogP) is 4.35. The highest BCUT2D eigenvalue weighted by molar-refractivity contribution is 7.89. The van der Waals surface area contributed by atoms with Gasteiger partial charge in [-0.3, -0.25) is 9.69 Å². The van der Waals surface area contributed by atoms with E-state index in [4.69, 9.17) is 4.74 Å². The highest BCUT2D eigenvalue weighted by atomic mass is 32.2. The number of ether oxygens (including phenoxy) is 1. The van der Waals surface area contributed by atoms with Crippen LogP contribution >= 0.6 is 0 Å². The second kappa shape index (κ2) is 11.2. The van der Waals surface area contributed by atoms with Crippen LogP contribution in [-0.2, 0) is 19.6 Å². The number of amides is 1. The van der Waals surface area contributed by atoms with Gasteiger partial charge >= 0.3 is 0 Å². The smallest absolute Gasteiger partial charge is 0.243 e. The summed E-state index contributed by atoms with van der Waals surface area (Å²) >= 11 is 0. The van der Waals surface area contributed by atoms with Crippen molar-refractivity contribution in [3.8, 4) is 0 Å². The molecule has 2 aliphatic heterocycles. The van der Waals surface area contributed by atoms with Crippen LogP contribution in [0, 0.1) is 25.6 Å². The van der Waals surface area contributed by atoms with Crippen molar-refractivity contribution >= 4 is 21.6 Å². The molecule has 1 unspecified atom stereocenters. The number of nitrogens with zero attached hydrogens (tertiary/aromatic N) is 2. The van der Waals surface area contributed by atoms with Crippen molar-refractivity contribution in [1.29, 1.82) is 0 Å². The van der Waals surface area contributed by atoms with Crippen LogP contribution in [0.3, 0.4) is 0 Å². The number of halogens is 1. The van der Waals surface area contributed by atoms with Crippen molar-refractivity contribution < 1.29 is 22.3 Å². The van der Waals surface area contributed by atoms with Gasteiger partial charge in [0.2, 0.25) is 15.9 Å². The van der Waals surface area contributed by atoms with Crippen molar-refractivity contribution in [3.05, 3.63) is 59.4 Å². The zero-order chi connectivity index (χ0) is 26.8. The van der Waals surface area contributed by atoms with Gasteiger partial charge in [-0.15, -0.1) is 0 Å². The van der Waals surface area contributed by atoms with Crippen molar-refractivity contribution in [2.75, 3.05) is 38.1 Å². The molecule has 1 N–H and O–H groups in total. The Morgan fingerprint density at radius 1 is 1.14 bits per heavy atom. The first kappa shape index (κ1) is 27.7. The van der Waals surface area contributed by atoms with Crippen LogP contribution in [0.5, 0.6) is 0 Å². The fourth-order valence-corrected chi connectivity index (χ4v) is 7.07. The lowest BCUT2D eigenvalue weighted by molar-refractivity contribution is -0.146. The number of benzene rings is 2. The Morgan fingerprint density at radius 3 is 2.54 bits per heavy atom. The van der Waals surface area contributed by atoms with Crippen LogP contribution in [0.1, 0.15) is 44.2 Å². The van der Waals surface area contributed by atoms with Crippen molar-refractivity contribution in [2.24, 2.45) is 5.92 Å². The Labute approximate surface area is 220 Å². The largest absolute Gasteiger partial charge is 0.371 e. The fourth-order valence-electron chi connectivity index (χ4n) is 5.37. The zero-order valence-corrected chi connectivity index (χ0v) is 23.0. The molecule has 0 radical (unpaired) electrons. The number of likely N-dealkylation sites (tertiary alicyclic amines) is 1. The minimum absolute atomic E-state index is 0.0820. The molecular formula is C28H38FN3O4S. The molecule has 37 heavy (non-hydrogen) atoms. The van der Waals surface area contributed by atoms with Crippen molar-refractivity contribution in [2.45, 2.75) is 63.5 Å². The quantitative estimate of drug-likeness (QED) is 0.575. The van der Waals surface area contributed by atoms with Gasteiger partial charge in [-0.05, 0) is 75.4 Å². The van der Waals surface area contributed by atoms with Gasteiger partial charge in [-0.25, -0.2) is 12.8 Å². The molecule has 0 aliphatic carbocycles. The molecule has 7 nitrogen and oxygen atoms in total. The van der Waals surface area contributed by atoms with Crippen LogP contribution in [0.15, 0.2) is 47.4 Å².